The van der Waals surface area contributed by atoms with Crippen LogP contribution in [0.5, 0.6) is 0 Å². The van der Waals surface area contributed by atoms with Gasteiger partial charge in [0.1, 0.15) is 0 Å². The van der Waals surface area contributed by atoms with Crippen LogP contribution in [0.3, 0.4) is 0 Å². The second-order valence-corrected chi connectivity index (χ2v) is 4.58. The summed E-state index contributed by atoms with van der Waals surface area (Å²) in [7, 11) is 0. The van der Waals surface area contributed by atoms with Gasteiger partial charge < -0.3 is 0 Å². The van der Waals surface area contributed by atoms with Crippen LogP contribution in [0.2, 0.25) is 0 Å². The fourth-order valence-electron chi connectivity index (χ4n) is 3.33. The predicted octanol–water partition coefficient (Wildman–Crippen LogP) is 3.61. The Kier molecular flexibility index (Phi) is 2.20. The van der Waals surface area contributed by atoms with E-state index < -0.39 is 0 Å². The van der Waals surface area contributed by atoms with Crippen molar-refractivity contribution >= 4 is 0 Å². The van der Waals surface area contributed by atoms with E-state index in [0.29, 0.717) is 0 Å². The first-order valence-electron chi connectivity index (χ1n) is 5.40. The summed E-state index contributed by atoms with van der Waals surface area (Å²) >= 11 is 0. The van der Waals surface area contributed by atoms with Crippen LogP contribution < -0.4 is 0 Å². The van der Waals surface area contributed by atoms with E-state index in [0.717, 1.165) is 17.8 Å². The molecule has 2 aliphatic carbocycles. The molecule has 11 heavy (non-hydrogen) atoms. The predicted molar refractivity (Wildman–Crippen MR) is 48.5 cm³/mol. The van der Waals surface area contributed by atoms with Crippen molar-refractivity contribution in [2.75, 3.05) is 0 Å². The highest BCUT2D eigenvalue weighted by Gasteiger charge is 2.36. The Bertz CT molecular complexity index is 116. The number of fused-ring (bicyclic) bond motifs is 1. The quantitative estimate of drug-likeness (QED) is 0.567. The lowest BCUT2D eigenvalue weighted by Crippen LogP contribution is -1.95. The molecule has 0 saturated heterocycles. The zero-order chi connectivity index (χ0) is 7.68. The second kappa shape index (κ2) is 3.16. The fourth-order valence-corrected chi connectivity index (χ4v) is 3.33. The molecule has 2 unspecified atom stereocenters. The standard InChI is InChI=1S/C11H20/c1-2-4-9-7-10-5-3-6-11(10)8-9/h9-11H,2-8H2,1H3. The van der Waals surface area contributed by atoms with Gasteiger partial charge in [0.15, 0.2) is 0 Å². The molecule has 0 amide bonds. The van der Waals surface area contributed by atoms with E-state index >= 15 is 0 Å². The van der Waals surface area contributed by atoms with Gasteiger partial charge in [-0.3, -0.25) is 0 Å². The minimum Gasteiger partial charge on any atom is -0.0654 e. The first-order valence-corrected chi connectivity index (χ1v) is 5.40. The maximum absolute atomic E-state index is 2.33. The minimum atomic E-state index is 1.12. The molecule has 0 aromatic rings. The van der Waals surface area contributed by atoms with E-state index in [4.69, 9.17) is 0 Å². The smallest absolute Gasteiger partial charge is 0.0383 e. The fraction of sp³-hybridized carbons (Fsp3) is 1.00. The van der Waals surface area contributed by atoms with Crippen LogP contribution >= 0.6 is 0 Å². The average Bonchev–Trinajstić information content (AvgIpc) is 2.46. The number of rotatable bonds is 2. The lowest BCUT2D eigenvalue weighted by atomic mass is 9.99. The Morgan fingerprint density at radius 2 is 1.73 bits per heavy atom. The molecule has 2 saturated carbocycles. The van der Waals surface area contributed by atoms with E-state index in [-0.39, 0.29) is 0 Å². The van der Waals surface area contributed by atoms with E-state index in [1.54, 1.807) is 25.7 Å². The van der Waals surface area contributed by atoms with Crippen LogP contribution in [0.1, 0.15) is 51.9 Å². The van der Waals surface area contributed by atoms with Crippen molar-refractivity contribution in [1.29, 1.82) is 0 Å². The van der Waals surface area contributed by atoms with Gasteiger partial charge >= 0.3 is 0 Å². The van der Waals surface area contributed by atoms with E-state index in [1.807, 2.05) is 0 Å². The van der Waals surface area contributed by atoms with Gasteiger partial charge in [0.2, 0.25) is 0 Å². The summed E-state index contributed by atoms with van der Waals surface area (Å²) in [6.45, 7) is 2.33. The highest BCUT2D eigenvalue weighted by atomic mass is 14.4. The van der Waals surface area contributed by atoms with Gasteiger partial charge in [-0.1, -0.05) is 39.0 Å². The highest BCUT2D eigenvalue weighted by Crippen LogP contribution is 2.47. The normalized spacial score (nSPS) is 42.8. The molecule has 0 spiro atoms. The van der Waals surface area contributed by atoms with Crippen molar-refractivity contribution in [3.63, 3.8) is 0 Å². The Hall–Kier alpha value is 0. The lowest BCUT2D eigenvalue weighted by Gasteiger charge is -2.07. The largest absolute Gasteiger partial charge is 0.0654 e. The highest BCUT2D eigenvalue weighted by molar-refractivity contribution is 4.87. The molecular formula is C11H20. The molecule has 2 aliphatic rings. The van der Waals surface area contributed by atoms with Gasteiger partial charge in [0, 0.05) is 0 Å². The van der Waals surface area contributed by atoms with Gasteiger partial charge in [-0.15, -0.1) is 0 Å². The van der Waals surface area contributed by atoms with E-state index in [1.165, 1.54) is 19.3 Å². The summed E-state index contributed by atoms with van der Waals surface area (Å²) in [4.78, 5) is 0. The molecule has 0 N–H and O–H groups in total. The van der Waals surface area contributed by atoms with Crippen LogP contribution in [0.25, 0.3) is 0 Å². The van der Waals surface area contributed by atoms with Crippen molar-refractivity contribution in [3.8, 4) is 0 Å². The summed E-state index contributed by atoms with van der Waals surface area (Å²) in [5.41, 5.74) is 0. The Morgan fingerprint density at radius 3 is 2.27 bits per heavy atom. The van der Waals surface area contributed by atoms with Crippen molar-refractivity contribution in [3.05, 3.63) is 0 Å². The second-order valence-electron chi connectivity index (χ2n) is 4.58. The summed E-state index contributed by atoms with van der Waals surface area (Å²) < 4.78 is 0. The maximum Gasteiger partial charge on any atom is -0.0383 e. The molecule has 0 radical (unpaired) electrons. The summed E-state index contributed by atoms with van der Waals surface area (Å²) in [5, 5.41) is 0. The third kappa shape index (κ3) is 1.45. The first kappa shape index (κ1) is 7.64. The van der Waals surface area contributed by atoms with Crippen molar-refractivity contribution in [2.45, 2.75) is 51.9 Å². The molecule has 0 aromatic carbocycles. The molecule has 2 fully saturated rings. The number of hydrogen-bond acceptors (Lipinski definition) is 0. The van der Waals surface area contributed by atoms with Gasteiger partial charge in [-0.05, 0) is 30.6 Å². The molecule has 0 aromatic heterocycles. The molecule has 2 rings (SSSR count). The molecule has 0 aliphatic heterocycles. The summed E-state index contributed by atoms with van der Waals surface area (Å²) in [6, 6.07) is 0. The first-order chi connectivity index (χ1) is 5.40. The Morgan fingerprint density at radius 1 is 1.09 bits per heavy atom. The average molecular weight is 152 g/mol. The molecule has 0 bridgehead atoms. The van der Waals surface area contributed by atoms with Crippen molar-refractivity contribution < 1.29 is 0 Å². The van der Waals surface area contributed by atoms with Crippen LogP contribution in [0.4, 0.5) is 0 Å². The van der Waals surface area contributed by atoms with Gasteiger partial charge in [0.25, 0.3) is 0 Å². The zero-order valence-corrected chi connectivity index (χ0v) is 7.68. The van der Waals surface area contributed by atoms with Gasteiger partial charge in [-0.25, -0.2) is 0 Å². The SMILES string of the molecule is CCCC1CC2CCCC2C1. The zero-order valence-electron chi connectivity index (χ0n) is 7.68. The van der Waals surface area contributed by atoms with E-state index in [2.05, 4.69) is 6.92 Å². The lowest BCUT2D eigenvalue weighted by molar-refractivity contribution is 0.451. The van der Waals surface area contributed by atoms with Crippen LogP contribution in [0.15, 0.2) is 0 Å². The van der Waals surface area contributed by atoms with Crippen molar-refractivity contribution in [1.82, 2.24) is 0 Å². The van der Waals surface area contributed by atoms with Crippen LogP contribution in [-0.2, 0) is 0 Å². The monoisotopic (exact) mass is 152 g/mol. The molecular weight excluding hydrogens is 132 g/mol. The summed E-state index contributed by atoms with van der Waals surface area (Å²) in [6.07, 6.45) is 10.7. The topological polar surface area (TPSA) is 0 Å². The summed E-state index contributed by atoms with van der Waals surface area (Å²) in [5.74, 6) is 3.44. The molecule has 0 nitrogen and oxygen atoms in total. The minimum absolute atomic E-state index is 1.12. The molecule has 0 heteroatoms. The maximum atomic E-state index is 2.33. The van der Waals surface area contributed by atoms with Crippen molar-refractivity contribution in [2.24, 2.45) is 17.8 Å². The van der Waals surface area contributed by atoms with Crippen LogP contribution in [-0.4, -0.2) is 0 Å². The van der Waals surface area contributed by atoms with Gasteiger partial charge in [-0.2, -0.15) is 0 Å². The Balaban J connectivity index is 1.84. The van der Waals surface area contributed by atoms with Gasteiger partial charge in [0.05, 0.1) is 0 Å². The Labute approximate surface area is 70.4 Å². The van der Waals surface area contributed by atoms with E-state index in [9.17, 15) is 0 Å². The number of hydrogen-bond donors (Lipinski definition) is 0. The molecule has 2 atom stereocenters. The third-order valence-corrected chi connectivity index (χ3v) is 3.79. The molecule has 64 valence electrons. The third-order valence-electron chi connectivity index (χ3n) is 3.79. The van der Waals surface area contributed by atoms with Crippen LogP contribution in [0, 0.1) is 17.8 Å². The molecule has 0 heterocycles.